The monoisotopic (exact) mass is 641 g/mol. The van der Waals surface area contributed by atoms with E-state index in [2.05, 4.69) is 126 Å². The van der Waals surface area contributed by atoms with Crippen molar-refractivity contribution in [2.75, 3.05) is 57.5 Å². The number of benzene rings is 4. The Balaban J connectivity index is 0.000000168. The summed E-state index contributed by atoms with van der Waals surface area (Å²) in [6.45, 7) is 9.44. The van der Waals surface area contributed by atoms with Crippen LogP contribution in [0.1, 0.15) is 11.4 Å². The lowest BCUT2D eigenvalue weighted by Gasteiger charge is -2.44. The van der Waals surface area contributed by atoms with Gasteiger partial charge in [0, 0.05) is 62.6 Å². The summed E-state index contributed by atoms with van der Waals surface area (Å²) in [5.41, 5.74) is 8.29. The van der Waals surface area contributed by atoms with Crippen LogP contribution in [0.2, 0.25) is 0 Å². The zero-order chi connectivity index (χ0) is 33.2. The number of pyridine rings is 1. The first-order valence-electron chi connectivity index (χ1n) is 16.9. The minimum absolute atomic E-state index is 0.330. The van der Waals surface area contributed by atoms with Crippen LogP contribution in [0.4, 0.5) is 10.5 Å². The molecule has 48 heavy (non-hydrogen) atoms. The topological polar surface area (TPSA) is 55.1 Å². The van der Waals surface area contributed by atoms with Crippen LogP contribution in [0, 0.1) is 13.8 Å². The summed E-state index contributed by atoms with van der Waals surface area (Å²) in [6, 6.07) is 47.6. The molecule has 0 spiro atoms. The molecule has 0 N–H and O–H groups in total. The standard InChI is InChI=1S/C24H20B.C16H24N3O4/c1-5-13-21(14-6-1)25(22-15-7-2-8-16-22,23-17-9-3-10-18-23)24-19-11-4-12-20-24;1-13-11-15(17-3-7-21-8-4-17)12-14(2)19(13)23-16(20)18-5-9-22-10-6-18/h1-20H;11-12H,3-10H2,1-2H3/q-1;+1. The van der Waals surface area contributed by atoms with Gasteiger partial charge >= 0.3 is 6.09 Å². The van der Waals surface area contributed by atoms with Gasteiger partial charge in [-0.2, -0.15) is 26.7 Å². The van der Waals surface area contributed by atoms with E-state index in [4.69, 9.17) is 14.3 Å². The molecule has 2 fully saturated rings. The normalized spacial score (nSPS) is 14.9. The van der Waals surface area contributed by atoms with Gasteiger partial charge in [-0.05, 0) is 0 Å². The smallest absolute Gasteiger partial charge is 0.378 e. The molecule has 0 atom stereocenters. The molecule has 7 rings (SSSR count). The number of aryl methyl sites for hydroxylation is 2. The van der Waals surface area contributed by atoms with Crippen molar-refractivity contribution in [2.24, 2.45) is 0 Å². The Labute approximate surface area is 284 Å². The maximum atomic E-state index is 12.3. The Morgan fingerprint density at radius 3 is 1.31 bits per heavy atom. The fourth-order valence-corrected chi connectivity index (χ4v) is 7.02. The van der Waals surface area contributed by atoms with Gasteiger partial charge in [-0.15, -0.1) is 0 Å². The molecule has 7 nitrogen and oxygen atoms in total. The van der Waals surface area contributed by atoms with Crippen molar-refractivity contribution in [3.05, 3.63) is 145 Å². The SMILES string of the molecule is Cc1cc(N2CCOCC2)cc(C)[n+]1OC(=O)N1CCOCC1.c1ccc([B-](c2ccccc2)(c2ccccc2)c2ccccc2)cc1. The predicted molar refractivity (Wildman–Crippen MR) is 194 cm³/mol. The maximum Gasteiger partial charge on any atom is 0.478 e. The highest BCUT2D eigenvalue weighted by molar-refractivity contribution is 7.19. The number of anilines is 1. The minimum Gasteiger partial charge on any atom is -0.378 e. The number of nitrogens with zero attached hydrogens (tertiary/aromatic N) is 3. The summed E-state index contributed by atoms with van der Waals surface area (Å²) in [6.07, 6.45) is -1.55. The second-order valence-corrected chi connectivity index (χ2v) is 12.4. The molecule has 5 aromatic rings. The van der Waals surface area contributed by atoms with E-state index in [0.29, 0.717) is 26.3 Å². The average Bonchev–Trinajstić information content (AvgIpc) is 3.16. The Morgan fingerprint density at radius 1 is 0.583 bits per heavy atom. The Kier molecular flexibility index (Phi) is 10.9. The second-order valence-electron chi connectivity index (χ2n) is 12.4. The molecular weight excluding hydrogens is 597 g/mol. The van der Waals surface area contributed by atoms with Crippen molar-refractivity contribution in [3.63, 3.8) is 0 Å². The largest absolute Gasteiger partial charge is 0.478 e. The zero-order valence-electron chi connectivity index (χ0n) is 27.9. The first kappa shape index (κ1) is 33.0. The fraction of sp³-hybridized carbons (Fsp3) is 0.250. The summed E-state index contributed by atoms with van der Waals surface area (Å²) in [4.78, 5) is 21.8. The minimum atomic E-state index is -1.22. The van der Waals surface area contributed by atoms with E-state index in [1.165, 1.54) is 21.9 Å². The van der Waals surface area contributed by atoms with Crippen LogP contribution in [0.5, 0.6) is 0 Å². The van der Waals surface area contributed by atoms with Crippen molar-refractivity contribution in [3.8, 4) is 0 Å². The summed E-state index contributed by atoms with van der Waals surface area (Å²) < 4.78 is 12.3. The van der Waals surface area contributed by atoms with Gasteiger partial charge in [0.15, 0.2) is 0 Å². The third kappa shape index (κ3) is 7.30. The lowest BCUT2D eigenvalue weighted by atomic mass is 9.13. The Morgan fingerprint density at radius 2 is 0.938 bits per heavy atom. The lowest BCUT2D eigenvalue weighted by molar-refractivity contribution is -0.877. The van der Waals surface area contributed by atoms with Gasteiger partial charge in [-0.25, -0.2) is 4.79 Å². The number of carbonyl (C=O) groups is 1. The van der Waals surface area contributed by atoms with Crippen molar-refractivity contribution in [1.29, 1.82) is 0 Å². The highest BCUT2D eigenvalue weighted by Crippen LogP contribution is 2.17. The van der Waals surface area contributed by atoms with E-state index in [-0.39, 0.29) is 6.09 Å². The third-order valence-electron chi connectivity index (χ3n) is 9.37. The number of hydrogen-bond acceptors (Lipinski definition) is 5. The molecule has 2 aliphatic heterocycles. The van der Waals surface area contributed by atoms with Gasteiger partial charge in [0.05, 0.1) is 26.4 Å². The third-order valence-corrected chi connectivity index (χ3v) is 9.37. The van der Waals surface area contributed by atoms with Crippen LogP contribution in [-0.4, -0.2) is 69.7 Å². The summed E-state index contributed by atoms with van der Waals surface area (Å²) in [5, 5.41) is 0. The van der Waals surface area contributed by atoms with E-state index in [1.807, 2.05) is 26.0 Å². The number of morpholine rings is 2. The molecular formula is C40H44BN3O4. The van der Waals surface area contributed by atoms with Crippen molar-refractivity contribution in [1.82, 2.24) is 4.90 Å². The molecule has 246 valence electrons. The number of aromatic nitrogens is 1. The highest BCUT2D eigenvalue weighted by Gasteiger charge is 2.31. The van der Waals surface area contributed by atoms with Gasteiger partial charge in [0.2, 0.25) is 11.4 Å². The first-order chi connectivity index (χ1) is 23.6. The van der Waals surface area contributed by atoms with E-state index < -0.39 is 6.15 Å². The predicted octanol–water partition coefficient (Wildman–Crippen LogP) is 3.37. The summed E-state index contributed by atoms with van der Waals surface area (Å²) in [7, 11) is 0. The Bertz CT molecular complexity index is 1560. The summed E-state index contributed by atoms with van der Waals surface area (Å²) in [5.74, 6) is 0. The van der Waals surface area contributed by atoms with Crippen LogP contribution in [0.3, 0.4) is 0 Å². The zero-order valence-corrected chi connectivity index (χ0v) is 27.9. The molecule has 1 aromatic heterocycles. The molecule has 0 radical (unpaired) electrons. The molecule has 4 aromatic carbocycles. The lowest BCUT2D eigenvalue weighted by Crippen LogP contribution is -2.74. The quantitative estimate of drug-likeness (QED) is 0.210. The molecule has 8 heteroatoms. The number of carbonyl (C=O) groups excluding carboxylic acids is 1. The molecule has 2 aliphatic rings. The molecule has 1 amide bonds. The molecule has 0 aliphatic carbocycles. The molecule has 0 unspecified atom stereocenters. The number of ether oxygens (including phenoxy) is 2. The number of rotatable bonds is 6. The Hall–Kier alpha value is -4.92. The fourth-order valence-electron chi connectivity index (χ4n) is 7.02. The molecule has 0 bridgehead atoms. The van der Waals surface area contributed by atoms with Gasteiger partial charge in [-0.1, -0.05) is 121 Å². The van der Waals surface area contributed by atoms with E-state index in [9.17, 15) is 4.79 Å². The number of amides is 1. The number of hydrogen-bond donors (Lipinski definition) is 0. The van der Waals surface area contributed by atoms with Crippen LogP contribution < -0.4 is 36.3 Å². The first-order valence-corrected chi connectivity index (χ1v) is 16.9. The van der Waals surface area contributed by atoms with E-state index in [1.54, 1.807) is 9.63 Å². The van der Waals surface area contributed by atoms with Crippen molar-refractivity contribution < 1.29 is 23.8 Å². The van der Waals surface area contributed by atoms with Gasteiger partial charge in [-0.3, -0.25) is 4.90 Å². The van der Waals surface area contributed by atoms with Crippen molar-refractivity contribution >= 4 is 39.8 Å². The van der Waals surface area contributed by atoms with Gasteiger partial charge in [0.1, 0.15) is 6.15 Å². The average molecular weight is 642 g/mol. The van der Waals surface area contributed by atoms with Gasteiger partial charge in [0.25, 0.3) is 0 Å². The van der Waals surface area contributed by atoms with Crippen LogP contribution in [0.15, 0.2) is 133 Å². The van der Waals surface area contributed by atoms with E-state index >= 15 is 0 Å². The van der Waals surface area contributed by atoms with Crippen molar-refractivity contribution in [2.45, 2.75) is 13.8 Å². The summed E-state index contributed by atoms with van der Waals surface area (Å²) >= 11 is 0. The molecule has 0 saturated carbocycles. The molecule has 2 saturated heterocycles. The van der Waals surface area contributed by atoms with E-state index in [0.717, 1.165) is 43.4 Å². The highest BCUT2D eigenvalue weighted by atomic mass is 16.7. The van der Waals surface area contributed by atoms with Gasteiger partial charge < -0.3 is 14.4 Å². The van der Waals surface area contributed by atoms with Crippen LogP contribution in [-0.2, 0) is 9.47 Å². The van der Waals surface area contributed by atoms with Crippen LogP contribution >= 0.6 is 0 Å². The maximum absolute atomic E-state index is 12.3. The van der Waals surface area contributed by atoms with Crippen LogP contribution in [0.25, 0.3) is 0 Å². The second kappa shape index (κ2) is 15.8. The molecule has 3 heterocycles.